The number of aliphatic hydroxyl groups excluding tert-OH is 1. The van der Waals surface area contributed by atoms with Crippen molar-refractivity contribution in [2.24, 2.45) is 0 Å². The first-order valence-corrected chi connectivity index (χ1v) is 10.0. The van der Waals surface area contributed by atoms with Crippen LogP contribution in [0.4, 0.5) is 23.2 Å². The van der Waals surface area contributed by atoms with Crippen molar-refractivity contribution in [1.29, 1.82) is 0 Å². The molecule has 5 nitrogen and oxygen atoms in total. The standard InChI is InChI=1S/C22H26F4N2O3/c1-30-21-11-16(3-5-20(21)31-14-22(24,25)26)13-27-12-15-2-4-19(18(23)10-15)28-8-6-17(29)7-9-28/h2-5,10-11,17,27,29H,6-9,12-14H2,1H3. The molecule has 2 N–H and O–H groups in total. The zero-order valence-electron chi connectivity index (χ0n) is 17.2. The molecule has 0 spiro atoms. The molecule has 1 saturated heterocycles. The molecule has 2 aromatic carbocycles. The third kappa shape index (κ3) is 6.73. The summed E-state index contributed by atoms with van der Waals surface area (Å²) in [7, 11) is 1.36. The molecule has 0 radical (unpaired) electrons. The van der Waals surface area contributed by atoms with Crippen molar-refractivity contribution in [3.05, 3.63) is 53.3 Å². The van der Waals surface area contributed by atoms with Crippen LogP contribution in [-0.4, -0.2) is 44.2 Å². The Morgan fingerprint density at radius 2 is 1.68 bits per heavy atom. The molecule has 2 aromatic rings. The highest BCUT2D eigenvalue weighted by atomic mass is 19.4. The van der Waals surface area contributed by atoms with Gasteiger partial charge in [-0.1, -0.05) is 12.1 Å². The first kappa shape index (κ1) is 23.1. The molecule has 1 aliphatic heterocycles. The fourth-order valence-corrected chi connectivity index (χ4v) is 3.48. The Balaban J connectivity index is 1.54. The van der Waals surface area contributed by atoms with Gasteiger partial charge in [0, 0.05) is 26.2 Å². The van der Waals surface area contributed by atoms with E-state index in [2.05, 4.69) is 5.32 Å². The molecular weight excluding hydrogens is 416 g/mol. The largest absolute Gasteiger partial charge is 0.493 e. The van der Waals surface area contributed by atoms with Crippen molar-refractivity contribution in [1.82, 2.24) is 5.32 Å². The molecule has 0 atom stereocenters. The van der Waals surface area contributed by atoms with E-state index >= 15 is 0 Å². The highest BCUT2D eigenvalue weighted by Crippen LogP contribution is 2.30. The van der Waals surface area contributed by atoms with Crippen molar-refractivity contribution in [3.63, 3.8) is 0 Å². The van der Waals surface area contributed by atoms with Crippen molar-refractivity contribution >= 4 is 5.69 Å². The number of hydrogen-bond donors (Lipinski definition) is 2. The van der Waals surface area contributed by atoms with Crippen LogP contribution in [0.25, 0.3) is 0 Å². The third-order valence-corrected chi connectivity index (χ3v) is 5.09. The second-order valence-corrected chi connectivity index (χ2v) is 7.50. The van der Waals surface area contributed by atoms with E-state index in [4.69, 9.17) is 9.47 Å². The Morgan fingerprint density at radius 1 is 1.03 bits per heavy atom. The van der Waals surface area contributed by atoms with Gasteiger partial charge < -0.3 is 24.8 Å². The van der Waals surface area contributed by atoms with Crippen molar-refractivity contribution < 1.29 is 32.1 Å². The van der Waals surface area contributed by atoms with Gasteiger partial charge in [-0.15, -0.1) is 0 Å². The maximum absolute atomic E-state index is 14.5. The highest BCUT2D eigenvalue weighted by Gasteiger charge is 2.29. The van der Waals surface area contributed by atoms with E-state index in [1.54, 1.807) is 18.2 Å². The monoisotopic (exact) mass is 442 g/mol. The molecule has 0 aromatic heterocycles. The average molecular weight is 442 g/mol. The number of aliphatic hydroxyl groups is 1. The maximum atomic E-state index is 14.5. The van der Waals surface area contributed by atoms with E-state index < -0.39 is 12.8 Å². The lowest BCUT2D eigenvalue weighted by molar-refractivity contribution is -0.153. The zero-order valence-corrected chi connectivity index (χ0v) is 17.2. The molecule has 0 aliphatic carbocycles. The van der Waals surface area contributed by atoms with E-state index in [1.165, 1.54) is 19.2 Å². The summed E-state index contributed by atoms with van der Waals surface area (Å²) in [5.74, 6) is -0.0689. The van der Waals surface area contributed by atoms with Gasteiger partial charge in [0.05, 0.1) is 18.9 Å². The van der Waals surface area contributed by atoms with Crippen LogP contribution < -0.4 is 19.7 Å². The predicted molar refractivity (Wildman–Crippen MR) is 109 cm³/mol. The molecule has 1 fully saturated rings. The Kier molecular flexibility index (Phi) is 7.61. The normalized spacial score (nSPS) is 15.2. The number of rotatable bonds is 8. The number of halogens is 4. The fourth-order valence-electron chi connectivity index (χ4n) is 3.48. The Labute approximate surface area is 178 Å². The Bertz CT molecular complexity index is 868. The number of nitrogens with one attached hydrogen (secondary N) is 1. The van der Waals surface area contributed by atoms with E-state index in [0.717, 1.165) is 11.1 Å². The summed E-state index contributed by atoms with van der Waals surface area (Å²) >= 11 is 0. The van der Waals surface area contributed by atoms with Crippen LogP contribution in [-0.2, 0) is 13.1 Å². The van der Waals surface area contributed by atoms with Crippen molar-refractivity contribution in [2.45, 2.75) is 38.2 Å². The van der Waals surface area contributed by atoms with E-state index in [9.17, 15) is 22.7 Å². The van der Waals surface area contributed by atoms with Crippen LogP contribution in [0, 0.1) is 5.82 Å². The van der Waals surface area contributed by atoms with Gasteiger partial charge in [0.25, 0.3) is 0 Å². The molecule has 31 heavy (non-hydrogen) atoms. The van der Waals surface area contributed by atoms with Gasteiger partial charge in [0.2, 0.25) is 0 Å². The first-order chi connectivity index (χ1) is 14.7. The SMILES string of the molecule is COc1cc(CNCc2ccc(N3CCC(O)CC3)c(F)c2)ccc1OCC(F)(F)F. The molecule has 0 saturated carbocycles. The number of alkyl halides is 3. The van der Waals surface area contributed by atoms with E-state index in [0.29, 0.717) is 44.7 Å². The molecule has 1 aliphatic rings. The number of hydrogen-bond acceptors (Lipinski definition) is 5. The van der Waals surface area contributed by atoms with Crippen LogP contribution in [0.2, 0.25) is 0 Å². The summed E-state index contributed by atoms with van der Waals surface area (Å²) in [5, 5.41) is 12.8. The van der Waals surface area contributed by atoms with Gasteiger partial charge in [-0.05, 0) is 48.2 Å². The number of methoxy groups -OCH3 is 1. The number of nitrogens with zero attached hydrogens (tertiary/aromatic N) is 1. The Hall–Kier alpha value is -2.52. The summed E-state index contributed by atoms with van der Waals surface area (Å²) in [6, 6.07) is 9.78. The van der Waals surface area contributed by atoms with Crippen LogP contribution in [0.5, 0.6) is 11.5 Å². The molecule has 0 bridgehead atoms. The highest BCUT2D eigenvalue weighted by molar-refractivity contribution is 5.49. The van der Waals surface area contributed by atoms with Gasteiger partial charge in [-0.25, -0.2) is 4.39 Å². The van der Waals surface area contributed by atoms with Crippen LogP contribution in [0.15, 0.2) is 36.4 Å². The lowest BCUT2D eigenvalue weighted by Gasteiger charge is -2.31. The van der Waals surface area contributed by atoms with Gasteiger partial charge >= 0.3 is 6.18 Å². The van der Waals surface area contributed by atoms with Crippen molar-refractivity contribution in [2.75, 3.05) is 31.7 Å². The smallest absolute Gasteiger partial charge is 0.422 e. The van der Waals surface area contributed by atoms with Gasteiger partial charge in [-0.3, -0.25) is 0 Å². The van der Waals surface area contributed by atoms with Crippen molar-refractivity contribution in [3.8, 4) is 11.5 Å². The molecule has 0 unspecified atom stereocenters. The van der Waals surface area contributed by atoms with E-state index in [1.807, 2.05) is 11.0 Å². The second kappa shape index (κ2) is 10.2. The minimum atomic E-state index is -4.43. The molecule has 9 heteroatoms. The molecule has 0 amide bonds. The zero-order chi connectivity index (χ0) is 22.4. The van der Waals surface area contributed by atoms with Crippen LogP contribution >= 0.6 is 0 Å². The molecule has 3 rings (SSSR count). The lowest BCUT2D eigenvalue weighted by Crippen LogP contribution is -2.36. The quantitative estimate of drug-likeness (QED) is 0.605. The van der Waals surface area contributed by atoms with Crippen LogP contribution in [0.1, 0.15) is 24.0 Å². The maximum Gasteiger partial charge on any atom is 0.422 e. The third-order valence-electron chi connectivity index (χ3n) is 5.09. The molecule has 170 valence electrons. The minimum Gasteiger partial charge on any atom is -0.493 e. The number of benzene rings is 2. The molecule has 1 heterocycles. The predicted octanol–water partition coefficient (Wildman–Crippen LogP) is 4.03. The van der Waals surface area contributed by atoms with Gasteiger partial charge in [0.1, 0.15) is 5.82 Å². The van der Waals surface area contributed by atoms with Gasteiger partial charge in [-0.2, -0.15) is 13.2 Å². The van der Waals surface area contributed by atoms with Crippen LogP contribution in [0.3, 0.4) is 0 Å². The lowest BCUT2D eigenvalue weighted by atomic mass is 10.1. The summed E-state index contributed by atoms with van der Waals surface area (Å²) in [6.45, 7) is 0.703. The number of anilines is 1. The summed E-state index contributed by atoms with van der Waals surface area (Å²) in [4.78, 5) is 1.94. The molecular formula is C22H26F4N2O3. The average Bonchev–Trinajstić information content (AvgIpc) is 2.73. The van der Waals surface area contributed by atoms with E-state index in [-0.39, 0.29) is 23.4 Å². The minimum absolute atomic E-state index is 0.0199. The summed E-state index contributed by atoms with van der Waals surface area (Å²) < 4.78 is 61.5. The summed E-state index contributed by atoms with van der Waals surface area (Å²) in [5.41, 5.74) is 2.10. The Morgan fingerprint density at radius 3 is 2.29 bits per heavy atom. The fraction of sp³-hybridized carbons (Fsp3) is 0.455. The first-order valence-electron chi connectivity index (χ1n) is 10.0. The number of ether oxygens (including phenoxy) is 2. The summed E-state index contributed by atoms with van der Waals surface area (Å²) in [6.07, 6.45) is -3.48. The van der Waals surface area contributed by atoms with Gasteiger partial charge in [0.15, 0.2) is 18.1 Å². The number of piperidine rings is 1. The second-order valence-electron chi connectivity index (χ2n) is 7.50. The topological polar surface area (TPSA) is 54.0 Å².